The Morgan fingerprint density at radius 1 is 0.920 bits per heavy atom. The minimum atomic E-state index is 0.760. The van der Waals surface area contributed by atoms with Gasteiger partial charge in [-0.25, -0.2) is 14.6 Å². The quantitative estimate of drug-likeness (QED) is 0.602. The van der Waals surface area contributed by atoms with Gasteiger partial charge in [-0.15, -0.1) is 0 Å². The molecule has 2 aromatic carbocycles. The maximum atomic E-state index is 4.52. The highest BCUT2D eigenvalue weighted by Gasteiger charge is 2.12. The van der Waals surface area contributed by atoms with E-state index in [1.807, 2.05) is 23.0 Å². The van der Waals surface area contributed by atoms with Crippen molar-refractivity contribution in [1.82, 2.24) is 19.7 Å². The summed E-state index contributed by atoms with van der Waals surface area (Å²) in [4.78, 5) is 8.85. The number of rotatable bonds is 3. The van der Waals surface area contributed by atoms with E-state index in [-0.39, 0.29) is 0 Å². The van der Waals surface area contributed by atoms with Gasteiger partial charge in [-0.05, 0) is 50.1 Å². The standard InChI is InChI=1S/C20H19N5/c1-13-5-4-6-16(10-13)25-20-17(11-23-25)19(21-12-22-20)24-18-8-7-14(2)9-15(18)3/h4-12H,1-3H3,(H,21,22,24). The zero-order chi connectivity index (χ0) is 17.4. The lowest BCUT2D eigenvalue weighted by Crippen LogP contribution is -2.00. The van der Waals surface area contributed by atoms with Gasteiger partial charge in [-0.3, -0.25) is 0 Å². The molecule has 25 heavy (non-hydrogen) atoms. The van der Waals surface area contributed by atoms with Crippen LogP contribution in [0.1, 0.15) is 16.7 Å². The smallest absolute Gasteiger partial charge is 0.168 e. The summed E-state index contributed by atoms with van der Waals surface area (Å²) in [6.45, 7) is 6.24. The normalized spacial score (nSPS) is 11.0. The van der Waals surface area contributed by atoms with Crippen LogP contribution in [0, 0.1) is 20.8 Å². The van der Waals surface area contributed by atoms with Gasteiger partial charge in [-0.1, -0.05) is 29.8 Å². The fourth-order valence-electron chi connectivity index (χ4n) is 2.97. The molecule has 0 aliphatic rings. The number of nitrogens with zero attached hydrogens (tertiary/aromatic N) is 4. The van der Waals surface area contributed by atoms with Crippen molar-refractivity contribution in [2.75, 3.05) is 5.32 Å². The highest BCUT2D eigenvalue weighted by molar-refractivity contribution is 5.89. The Morgan fingerprint density at radius 3 is 2.56 bits per heavy atom. The third-order valence-electron chi connectivity index (χ3n) is 4.25. The molecule has 0 saturated heterocycles. The van der Waals surface area contributed by atoms with Crippen molar-refractivity contribution in [3.8, 4) is 5.69 Å². The van der Waals surface area contributed by atoms with E-state index in [0.29, 0.717) is 0 Å². The van der Waals surface area contributed by atoms with Gasteiger partial charge in [0.15, 0.2) is 5.65 Å². The van der Waals surface area contributed by atoms with Gasteiger partial charge >= 0.3 is 0 Å². The lowest BCUT2D eigenvalue weighted by atomic mass is 10.1. The summed E-state index contributed by atoms with van der Waals surface area (Å²) in [5.74, 6) is 0.760. The van der Waals surface area contributed by atoms with Crippen LogP contribution in [0.4, 0.5) is 11.5 Å². The highest BCUT2D eigenvalue weighted by Crippen LogP contribution is 2.26. The predicted molar refractivity (Wildman–Crippen MR) is 101 cm³/mol. The monoisotopic (exact) mass is 329 g/mol. The lowest BCUT2D eigenvalue weighted by Gasteiger charge is -2.10. The van der Waals surface area contributed by atoms with Gasteiger partial charge in [0.2, 0.25) is 0 Å². The first-order valence-corrected chi connectivity index (χ1v) is 8.22. The Kier molecular flexibility index (Phi) is 3.69. The molecule has 4 aromatic rings. The SMILES string of the molecule is Cc1cccc(-n2ncc3c(Nc4ccc(C)cc4C)ncnc32)c1. The van der Waals surface area contributed by atoms with Crippen LogP contribution in [-0.4, -0.2) is 19.7 Å². The molecule has 124 valence electrons. The van der Waals surface area contributed by atoms with Crippen LogP contribution in [0.3, 0.4) is 0 Å². The molecule has 0 unspecified atom stereocenters. The van der Waals surface area contributed by atoms with E-state index in [1.54, 1.807) is 6.33 Å². The Labute approximate surface area is 146 Å². The van der Waals surface area contributed by atoms with Gasteiger partial charge in [0.25, 0.3) is 0 Å². The second-order valence-corrected chi connectivity index (χ2v) is 6.30. The molecule has 0 atom stereocenters. The van der Waals surface area contributed by atoms with E-state index in [4.69, 9.17) is 0 Å². The fourth-order valence-corrected chi connectivity index (χ4v) is 2.97. The molecular formula is C20H19N5. The molecule has 0 spiro atoms. The molecule has 0 amide bonds. The summed E-state index contributed by atoms with van der Waals surface area (Å²) in [6.07, 6.45) is 3.38. The molecule has 0 saturated carbocycles. The van der Waals surface area contributed by atoms with Gasteiger partial charge in [-0.2, -0.15) is 5.10 Å². The molecule has 0 fully saturated rings. The molecule has 0 aliphatic carbocycles. The topological polar surface area (TPSA) is 55.6 Å². The molecule has 5 nitrogen and oxygen atoms in total. The van der Waals surface area contributed by atoms with Crippen molar-refractivity contribution in [3.63, 3.8) is 0 Å². The maximum Gasteiger partial charge on any atom is 0.168 e. The van der Waals surface area contributed by atoms with Gasteiger partial charge in [0, 0.05) is 5.69 Å². The van der Waals surface area contributed by atoms with Crippen molar-refractivity contribution in [2.24, 2.45) is 0 Å². The number of nitrogens with one attached hydrogen (secondary N) is 1. The van der Waals surface area contributed by atoms with E-state index >= 15 is 0 Å². The predicted octanol–water partition coefficient (Wildman–Crippen LogP) is 4.48. The van der Waals surface area contributed by atoms with Crippen LogP contribution >= 0.6 is 0 Å². The average molecular weight is 329 g/mol. The summed E-state index contributed by atoms with van der Waals surface area (Å²) in [7, 11) is 0. The Balaban J connectivity index is 1.79. The van der Waals surface area contributed by atoms with Crippen LogP contribution in [0.15, 0.2) is 55.0 Å². The fraction of sp³-hybridized carbons (Fsp3) is 0.150. The molecule has 2 heterocycles. The van der Waals surface area contributed by atoms with Gasteiger partial charge in [0.1, 0.15) is 12.1 Å². The first kappa shape index (κ1) is 15.3. The van der Waals surface area contributed by atoms with Crippen molar-refractivity contribution in [1.29, 1.82) is 0 Å². The third-order valence-corrected chi connectivity index (χ3v) is 4.25. The first-order chi connectivity index (χ1) is 12.1. The summed E-state index contributed by atoms with van der Waals surface area (Å²) in [6, 6.07) is 14.5. The second kappa shape index (κ2) is 6.02. The van der Waals surface area contributed by atoms with E-state index in [9.17, 15) is 0 Å². The number of aryl methyl sites for hydroxylation is 3. The number of aromatic nitrogens is 4. The molecule has 5 heteroatoms. The average Bonchev–Trinajstić information content (AvgIpc) is 3.02. The Hall–Kier alpha value is -3.21. The second-order valence-electron chi connectivity index (χ2n) is 6.30. The molecule has 4 rings (SSSR count). The zero-order valence-electron chi connectivity index (χ0n) is 14.5. The van der Waals surface area contributed by atoms with Crippen LogP contribution in [0.25, 0.3) is 16.7 Å². The summed E-state index contributed by atoms with van der Waals surface area (Å²) >= 11 is 0. The first-order valence-electron chi connectivity index (χ1n) is 8.22. The van der Waals surface area contributed by atoms with Crippen LogP contribution in [0.5, 0.6) is 0 Å². The van der Waals surface area contributed by atoms with Gasteiger partial charge < -0.3 is 5.32 Å². The molecule has 0 bridgehead atoms. The minimum absolute atomic E-state index is 0.760. The van der Waals surface area contributed by atoms with E-state index < -0.39 is 0 Å². The number of anilines is 2. The van der Waals surface area contributed by atoms with Crippen LogP contribution < -0.4 is 5.32 Å². The summed E-state index contributed by atoms with van der Waals surface area (Å²) < 4.78 is 1.84. The minimum Gasteiger partial charge on any atom is -0.339 e. The number of hydrogen-bond donors (Lipinski definition) is 1. The number of benzene rings is 2. The summed E-state index contributed by atoms with van der Waals surface area (Å²) in [5, 5.41) is 8.83. The molecule has 1 N–H and O–H groups in total. The van der Waals surface area contributed by atoms with Gasteiger partial charge in [0.05, 0.1) is 17.3 Å². The third kappa shape index (κ3) is 2.85. The molecule has 0 aliphatic heterocycles. The zero-order valence-corrected chi connectivity index (χ0v) is 14.5. The van der Waals surface area contributed by atoms with E-state index in [0.717, 1.165) is 28.2 Å². The molecular weight excluding hydrogens is 310 g/mol. The largest absolute Gasteiger partial charge is 0.339 e. The lowest BCUT2D eigenvalue weighted by molar-refractivity contribution is 0.894. The molecule has 2 aromatic heterocycles. The number of hydrogen-bond acceptors (Lipinski definition) is 4. The highest BCUT2D eigenvalue weighted by atomic mass is 15.3. The van der Waals surface area contributed by atoms with Crippen LogP contribution in [-0.2, 0) is 0 Å². The van der Waals surface area contributed by atoms with E-state index in [2.05, 4.69) is 71.5 Å². The number of fused-ring (bicyclic) bond motifs is 1. The maximum absolute atomic E-state index is 4.52. The summed E-state index contributed by atoms with van der Waals surface area (Å²) in [5.41, 5.74) is 6.41. The Bertz CT molecular complexity index is 1060. The van der Waals surface area contributed by atoms with E-state index in [1.165, 1.54) is 16.7 Å². The Morgan fingerprint density at radius 2 is 1.76 bits per heavy atom. The van der Waals surface area contributed by atoms with Crippen LogP contribution in [0.2, 0.25) is 0 Å². The molecule has 0 radical (unpaired) electrons. The van der Waals surface area contributed by atoms with Crippen molar-refractivity contribution in [2.45, 2.75) is 20.8 Å². The van der Waals surface area contributed by atoms with Crippen molar-refractivity contribution in [3.05, 3.63) is 71.7 Å². The van der Waals surface area contributed by atoms with Crippen molar-refractivity contribution >= 4 is 22.5 Å². The van der Waals surface area contributed by atoms with Crippen molar-refractivity contribution < 1.29 is 0 Å².